The van der Waals surface area contributed by atoms with Gasteiger partial charge in [0.25, 0.3) is 11.8 Å². The first-order valence-electron chi connectivity index (χ1n) is 10.1. The average molecular weight is 466 g/mol. The molecule has 0 aliphatic heterocycles. The SMILES string of the molecule is CN(C(=O)c1ccc(C(F)(F)F)cc1)C(=O)c1ccccc1C([Si](C)(C)C)[Si](C)(C)C. The fraction of sp³-hybridized carbons (Fsp3) is 0.391. The first kappa shape index (κ1) is 25.1. The zero-order valence-corrected chi connectivity index (χ0v) is 21.1. The molecule has 2 rings (SSSR count). The van der Waals surface area contributed by atoms with Gasteiger partial charge in [-0.2, -0.15) is 13.2 Å². The maximum atomic E-state index is 13.3. The van der Waals surface area contributed by atoms with Gasteiger partial charge in [-0.05, 0) is 41.1 Å². The summed E-state index contributed by atoms with van der Waals surface area (Å²) in [4.78, 5) is 27.2. The second-order valence-electron chi connectivity index (χ2n) is 10.00. The van der Waals surface area contributed by atoms with Gasteiger partial charge in [-0.3, -0.25) is 14.5 Å². The van der Waals surface area contributed by atoms with Crippen LogP contribution < -0.4 is 0 Å². The van der Waals surface area contributed by atoms with Crippen LogP contribution in [0.4, 0.5) is 13.2 Å². The smallest absolute Gasteiger partial charge is 0.278 e. The van der Waals surface area contributed by atoms with E-state index in [4.69, 9.17) is 0 Å². The van der Waals surface area contributed by atoms with Crippen LogP contribution in [0, 0.1) is 0 Å². The van der Waals surface area contributed by atoms with Crippen LogP contribution >= 0.6 is 0 Å². The third-order valence-electron chi connectivity index (χ3n) is 5.30. The molecular weight excluding hydrogens is 435 g/mol. The van der Waals surface area contributed by atoms with Crippen molar-refractivity contribution in [3.05, 3.63) is 70.8 Å². The average Bonchev–Trinajstić information content (AvgIpc) is 2.64. The molecule has 0 bridgehead atoms. The minimum atomic E-state index is -4.48. The minimum Gasteiger partial charge on any atom is -0.278 e. The van der Waals surface area contributed by atoms with Crippen molar-refractivity contribution in [2.45, 2.75) is 50.6 Å². The number of benzene rings is 2. The number of hydrogen-bond acceptors (Lipinski definition) is 2. The molecule has 0 radical (unpaired) electrons. The number of alkyl halides is 3. The normalized spacial score (nSPS) is 12.7. The summed E-state index contributed by atoms with van der Waals surface area (Å²) in [5, 5.41) is 0.301. The molecule has 0 N–H and O–H groups in total. The number of amides is 2. The molecule has 2 aromatic rings. The van der Waals surface area contributed by atoms with Crippen molar-refractivity contribution in [3.63, 3.8) is 0 Å². The Labute approximate surface area is 184 Å². The van der Waals surface area contributed by atoms with Gasteiger partial charge in [0, 0.05) is 34.3 Å². The lowest BCUT2D eigenvalue weighted by Gasteiger charge is -2.40. The molecule has 168 valence electrons. The van der Waals surface area contributed by atoms with Crippen molar-refractivity contribution < 1.29 is 22.8 Å². The quantitative estimate of drug-likeness (QED) is 0.376. The molecule has 0 heterocycles. The summed E-state index contributed by atoms with van der Waals surface area (Å²) in [5.41, 5.74) is 0.655. The topological polar surface area (TPSA) is 37.4 Å². The van der Waals surface area contributed by atoms with E-state index in [0.29, 0.717) is 10.7 Å². The van der Waals surface area contributed by atoms with E-state index in [9.17, 15) is 22.8 Å². The number of nitrogens with zero attached hydrogens (tertiary/aromatic N) is 1. The first-order valence-corrected chi connectivity index (χ1v) is 17.3. The van der Waals surface area contributed by atoms with Crippen LogP contribution in [0.15, 0.2) is 48.5 Å². The summed E-state index contributed by atoms with van der Waals surface area (Å²) in [5.74, 6) is -1.08. The van der Waals surface area contributed by atoms with Gasteiger partial charge in [0.2, 0.25) is 0 Å². The van der Waals surface area contributed by atoms with Crippen molar-refractivity contribution in [3.8, 4) is 0 Å². The van der Waals surface area contributed by atoms with E-state index in [-0.39, 0.29) is 5.56 Å². The van der Waals surface area contributed by atoms with E-state index in [1.165, 1.54) is 7.05 Å². The largest absolute Gasteiger partial charge is 0.416 e. The minimum absolute atomic E-state index is 0.0354. The van der Waals surface area contributed by atoms with Crippen LogP contribution in [0.3, 0.4) is 0 Å². The van der Waals surface area contributed by atoms with Gasteiger partial charge in [-0.1, -0.05) is 57.5 Å². The molecule has 2 amide bonds. The zero-order chi connectivity index (χ0) is 23.8. The monoisotopic (exact) mass is 465 g/mol. The second kappa shape index (κ2) is 8.74. The van der Waals surface area contributed by atoms with Gasteiger partial charge >= 0.3 is 6.18 Å². The van der Waals surface area contributed by atoms with Gasteiger partial charge in [-0.25, -0.2) is 0 Å². The van der Waals surface area contributed by atoms with E-state index in [0.717, 1.165) is 34.7 Å². The van der Waals surface area contributed by atoms with Gasteiger partial charge in [-0.15, -0.1) is 0 Å². The molecule has 0 saturated heterocycles. The highest BCUT2D eigenvalue weighted by atomic mass is 28.4. The molecule has 0 aliphatic carbocycles. The van der Waals surface area contributed by atoms with E-state index in [1.54, 1.807) is 12.1 Å². The lowest BCUT2D eigenvalue weighted by molar-refractivity contribution is -0.137. The molecular formula is C23H30F3NO2Si2. The lowest BCUT2D eigenvalue weighted by Crippen LogP contribution is -2.47. The predicted octanol–water partition coefficient (Wildman–Crippen LogP) is 6.46. The number of carbonyl (C=O) groups excluding carboxylic acids is 2. The highest BCUT2D eigenvalue weighted by molar-refractivity contribution is 6.96. The van der Waals surface area contributed by atoms with Gasteiger partial charge in [0.05, 0.1) is 5.56 Å². The van der Waals surface area contributed by atoms with Crippen molar-refractivity contribution >= 4 is 28.0 Å². The highest BCUT2D eigenvalue weighted by Gasteiger charge is 2.41. The number of hydrogen-bond donors (Lipinski definition) is 0. The standard InChI is InChI=1S/C23H30F3NO2Si2/c1-27(20(28)16-12-14-17(15-13-16)23(24,25)26)21(29)18-10-8-9-11-19(18)22(30(2,3)4)31(5,6)7/h8-15,22H,1-7H3. The summed E-state index contributed by atoms with van der Waals surface area (Å²) < 4.78 is 38.4. The Morgan fingerprint density at radius 2 is 1.29 bits per heavy atom. The molecule has 0 fully saturated rings. The lowest BCUT2D eigenvalue weighted by atomic mass is 10.1. The summed E-state index contributed by atoms with van der Waals surface area (Å²) in [6, 6.07) is 11.3. The number of rotatable bonds is 5. The van der Waals surface area contributed by atoms with Crippen LogP contribution in [0.1, 0.15) is 37.0 Å². The fourth-order valence-corrected chi connectivity index (χ4v) is 17.2. The molecule has 31 heavy (non-hydrogen) atoms. The van der Waals surface area contributed by atoms with Crippen molar-refractivity contribution in [1.82, 2.24) is 4.90 Å². The summed E-state index contributed by atoms with van der Waals surface area (Å²) in [6.07, 6.45) is -4.48. The molecule has 0 saturated carbocycles. The number of halogens is 3. The van der Waals surface area contributed by atoms with Crippen molar-refractivity contribution in [2.75, 3.05) is 7.05 Å². The van der Waals surface area contributed by atoms with Crippen LogP contribution in [-0.4, -0.2) is 39.9 Å². The Bertz CT molecular complexity index is 945. The third-order valence-corrected chi connectivity index (χ3v) is 14.6. The molecule has 0 unspecified atom stereocenters. The van der Waals surface area contributed by atoms with Crippen molar-refractivity contribution in [2.24, 2.45) is 0 Å². The Morgan fingerprint density at radius 3 is 1.74 bits per heavy atom. The Morgan fingerprint density at radius 1 is 0.806 bits per heavy atom. The Hall–Kier alpha value is -2.20. The van der Waals surface area contributed by atoms with Crippen LogP contribution in [-0.2, 0) is 6.18 Å². The molecule has 0 atom stereocenters. The molecule has 0 aromatic heterocycles. The van der Waals surface area contributed by atoms with Gasteiger partial charge in [0.15, 0.2) is 0 Å². The highest BCUT2D eigenvalue weighted by Crippen LogP contribution is 2.37. The Balaban J connectivity index is 2.42. The molecule has 3 nitrogen and oxygen atoms in total. The number of imide groups is 1. The van der Waals surface area contributed by atoms with E-state index in [2.05, 4.69) is 39.3 Å². The van der Waals surface area contributed by atoms with Crippen LogP contribution in [0.2, 0.25) is 39.3 Å². The maximum absolute atomic E-state index is 13.3. The second-order valence-corrected chi connectivity index (χ2v) is 21.2. The maximum Gasteiger partial charge on any atom is 0.416 e. The predicted molar refractivity (Wildman–Crippen MR) is 124 cm³/mol. The summed E-state index contributed by atoms with van der Waals surface area (Å²) >= 11 is 0. The van der Waals surface area contributed by atoms with Gasteiger partial charge < -0.3 is 0 Å². The van der Waals surface area contributed by atoms with Crippen molar-refractivity contribution in [1.29, 1.82) is 0 Å². The molecule has 8 heteroatoms. The van der Waals surface area contributed by atoms with E-state index >= 15 is 0 Å². The van der Waals surface area contributed by atoms with Crippen LogP contribution in [0.25, 0.3) is 0 Å². The first-order chi connectivity index (χ1) is 14.0. The molecule has 0 spiro atoms. The van der Waals surface area contributed by atoms with E-state index in [1.807, 2.05) is 12.1 Å². The fourth-order valence-electron chi connectivity index (χ4n) is 4.44. The molecule has 0 aliphatic rings. The van der Waals surface area contributed by atoms with E-state index < -0.39 is 39.7 Å². The zero-order valence-electron chi connectivity index (χ0n) is 19.1. The summed E-state index contributed by atoms with van der Waals surface area (Å²) in [7, 11) is -2.01. The molecule has 2 aromatic carbocycles. The van der Waals surface area contributed by atoms with Gasteiger partial charge in [0.1, 0.15) is 0 Å². The third kappa shape index (κ3) is 5.74. The summed E-state index contributed by atoms with van der Waals surface area (Å²) in [6.45, 7) is 13.7. The number of carbonyl (C=O) groups is 2. The van der Waals surface area contributed by atoms with Crippen LogP contribution in [0.5, 0.6) is 0 Å². The Kier molecular flexibility index (Phi) is 7.07.